The van der Waals surface area contributed by atoms with Gasteiger partial charge < -0.3 is 0 Å². The molecule has 1 N–H and O–H groups in total. The highest BCUT2D eigenvalue weighted by molar-refractivity contribution is 5.36. The van der Waals surface area contributed by atoms with Gasteiger partial charge in [-0.05, 0) is 24.3 Å². The van der Waals surface area contributed by atoms with Gasteiger partial charge in [-0.3, -0.25) is 10.3 Å². The number of nitrogens with zero attached hydrogens (tertiary/aromatic N) is 1. The summed E-state index contributed by atoms with van der Waals surface area (Å²) >= 11 is 0. The fourth-order valence-electron chi connectivity index (χ4n) is 1.75. The second-order valence-electron chi connectivity index (χ2n) is 3.37. The number of allylic oxidation sites excluding steroid dienone is 3. The lowest BCUT2D eigenvalue weighted by Gasteiger charge is -2.16. The molecule has 1 aliphatic carbocycles. The molecule has 2 rings (SSSR count). The summed E-state index contributed by atoms with van der Waals surface area (Å²) in [7, 11) is 0. The number of hydrogen-bond donors (Lipinski definition) is 1. The molecule has 0 radical (unpaired) electrons. The monoisotopic (exact) mass is 151 g/mol. The van der Waals surface area contributed by atoms with Crippen LogP contribution in [0.15, 0.2) is 23.4 Å². The van der Waals surface area contributed by atoms with Crippen molar-refractivity contribution >= 4 is 0 Å². The molecule has 2 aliphatic rings. The quantitative estimate of drug-likeness (QED) is 0.572. The lowest BCUT2D eigenvalue weighted by atomic mass is 9.96. The molecule has 0 amide bonds. The van der Waals surface area contributed by atoms with Crippen LogP contribution in [0.3, 0.4) is 0 Å². The van der Waals surface area contributed by atoms with Crippen LogP contribution >= 0.6 is 0 Å². The molecule has 1 fully saturated rings. The first kappa shape index (κ1) is 6.92. The molecular weight excluding hydrogens is 138 g/mol. The molecule has 1 heterocycles. The minimum atomic E-state index is 0.653. The molecule has 2 heteroatoms. The van der Waals surface area contributed by atoms with Crippen LogP contribution in [-0.2, 0) is 0 Å². The molecule has 11 heavy (non-hydrogen) atoms. The summed E-state index contributed by atoms with van der Waals surface area (Å²) in [6, 6.07) is 0. The van der Waals surface area contributed by atoms with E-state index in [4.69, 9.17) is 0 Å². The second kappa shape index (κ2) is 2.38. The third kappa shape index (κ3) is 1.07. The number of hydrogen-bond acceptors (Lipinski definition) is 2. The highest BCUT2D eigenvalue weighted by atomic mass is 16.5. The number of fused-ring (bicyclic) bond motifs is 1. The Hall–Kier alpha value is -0.760. The molecule has 1 unspecified atom stereocenters. The van der Waals surface area contributed by atoms with Crippen LogP contribution in [0.4, 0.5) is 0 Å². The second-order valence-corrected chi connectivity index (χ2v) is 3.37. The van der Waals surface area contributed by atoms with E-state index in [1.165, 1.54) is 10.6 Å². The minimum absolute atomic E-state index is 0.653. The largest absolute Gasteiger partial charge is 0.288 e. The van der Waals surface area contributed by atoms with Crippen molar-refractivity contribution in [1.82, 2.24) is 5.06 Å². The molecule has 60 valence electrons. The van der Waals surface area contributed by atoms with Crippen LogP contribution in [0.25, 0.3) is 0 Å². The molecule has 1 saturated heterocycles. The van der Waals surface area contributed by atoms with Crippen molar-refractivity contribution in [1.29, 1.82) is 0 Å². The Kier molecular flexibility index (Phi) is 1.50. The maximum Gasteiger partial charge on any atom is 0.0624 e. The van der Waals surface area contributed by atoms with Gasteiger partial charge in [-0.1, -0.05) is 19.1 Å². The predicted octanol–water partition coefficient (Wildman–Crippen LogP) is 1.93. The Balaban J connectivity index is 2.28. The van der Waals surface area contributed by atoms with E-state index in [2.05, 4.69) is 19.1 Å². The van der Waals surface area contributed by atoms with E-state index >= 15 is 0 Å². The lowest BCUT2D eigenvalue weighted by molar-refractivity contribution is -0.0384. The van der Waals surface area contributed by atoms with E-state index in [0.29, 0.717) is 5.92 Å². The average molecular weight is 151 g/mol. The van der Waals surface area contributed by atoms with Crippen molar-refractivity contribution in [2.24, 2.45) is 5.92 Å². The van der Waals surface area contributed by atoms with E-state index in [-0.39, 0.29) is 0 Å². The standard InChI is InChI=1S/C9H13NO/c1-7-2-3-9-8(6-7)4-5-10(9)11/h3,6-7,11H,2,4-5H2,1H3. The minimum Gasteiger partial charge on any atom is -0.288 e. The predicted molar refractivity (Wildman–Crippen MR) is 43.1 cm³/mol. The topological polar surface area (TPSA) is 23.5 Å². The summed E-state index contributed by atoms with van der Waals surface area (Å²) in [5.41, 5.74) is 2.37. The van der Waals surface area contributed by atoms with Crippen LogP contribution in [0, 0.1) is 5.92 Å². The SMILES string of the molecule is CC1C=C2CCN(O)C2=CC1. The zero-order chi connectivity index (χ0) is 7.84. The van der Waals surface area contributed by atoms with Gasteiger partial charge in [0.15, 0.2) is 0 Å². The highest BCUT2D eigenvalue weighted by Gasteiger charge is 2.23. The first-order valence-electron chi connectivity index (χ1n) is 4.15. The van der Waals surface area contributed by atoms with Crippen molar-refractivity contribution in [3.8, 4) is 0 Å². The summed E-state index contributed by atoms with van der Waals surface area (Å²) in [6.45, 7) is 2.98. The van der Waals surface area contributed by atoms with Crippen molar-refractivity contribution in [2.45, 2.75) is 19.8 Å². The normalized spacial score (nSPS) is 29.6. The molecule has 0 aromatic rings. The van der Waals surface area contributed by atoms with E-state index < -0.39 is 0 Å². The number of hydroxylamine groups is 2. The van der Waals surface area contributed by atoms with Gasteiger partial charge in [0.05, 0.1) is 5.70 Å². The maximum absolute atomic E-state index is 9.33. The zero-order valence-electron chi connectivity index (χ0n) is 6.75. The molecule has 0 saturated carbocycles. The Morgan fingerprint density at radius 2 is 2.45 bits per heavy atom. The van der Waals surface area contributed by atoms with Crippen LogP contribution in [0.5, 0.6) is 0 Å². The van der Waals surface area contributed by atoms with Gasteiger partial charge in [-0.15, -0.1) is 0 Å². The molecule has 0 spiro atoms. The Morgan fingerprint density at radius 1 is 1.64 bits per heavy atom. The van der Waals surface area contributed by atoms with Gasteiger partial charge in [0.1, 0.15) is 0 Å². The molecule has 0 aromatic heterocycles. The first-order chi connectivity index (χ1) is 5.27. The van der Waals surface area contributed by atoms with E-state index in [9.17, 15) is 5.21 Å². The fraction of sp³-hybridized carbons (Fsp3) is 0.556. The van der Waals surface area contributed by atoms with E-state index in [1.54, 1.807) is 0 Å². The third-order valence-electron chi connectivity index (χ3n) is 2.37. The van der Waals surface area contributed by atoms with Crippen LogP contribution in [0.1, 0.15) is 19.8 Å². The van der Waals surface area contributed by atoms with Crippen LogP contribution < -0.4 is 0 Å². The Bertz CT molecular complexity index is 230. The summed E-state index contributed by atoms with van der Waals surface area (Å²) in [5, 5.41) is 10.7. The molecule has 0 bridgehead atoms. The molecule has 2 nitrogen and oxygen atoms in total. The third-order valence-corrected chi connectivity index (χ3v) is 2.37. The average Bonchev–Trinajstić information content (AvgIpc) is 2.32. The summed E-state index contributed by atoms with van der Waals surface area (Å²) in [4.78, 5) is 0. The van der Waals surface area contributed by atoms with Crippen molar-refractivity contribution in [3.63, 3.8) is 0 Å². The van der Waals surface area contributed by atoms with E-state index in [1.807, 2.05) is 0 Å². The van der Waals surface area contributed by atoms with Gasteiger partial charge in [0, 0.05) is 6.54 Å². The van der Waals surface area contributed by atoms with Crippen molar-refractivity contribution in [2.75, 3.05) is 6.54 Å². The van der Waals surface area contributed by atoms with Crippen molar-refractivity contribution < 1.29 is 5.21 Å². The van der Waals surface area contributed by atoms with Gasteiger partial charge in [-0.25, -0.2) is 0 Å². The van der Waals surface area contributed by atoms with Gasteiger partial charge >= 0.3 is 0 Å². The Morgan fingerprint density at radius 3 is 3.27 bits per heavy atom. The molecule has 1 atom stereocenters. The van der Waals surface area contributed by atoms with Crippen molar-refractivity contribution in [3.05, 3.63) is 23.4 Å². The van der Waals surface area contributed by atoms with Gasteiger partial charge in [0.25, 0.3) is 0 Å². The van der Waals surface area contributed by atoms with Crippen LogP contribution in [-0.4, -0.2) is 16.8 Å². The summed E-state index contributed by atoms with van der Waals surface area (Å²) in [5.74, 6) is 0.653. The van der Waals surface area contributed by atoms with Crippen LogP contribution in [0.2, 0.25) is 0 Å². The van der Waals surface area contributed by atoms with Gasteiger partial charge in [-0.2, -0.15) is 0 Å². The fourth-order valence-corrected chi connectivity index (χ4v) is 1.75. The summed E-state index contributed by atoms with van der Waals surface area (Å²) in [6.07, 6.45) is 6.47. The molecular formula is C9H13NO. The molecule has 0 aromatic carbocycles. The first-order valence-corrected chi connectivity index (χ1v) is 4.15. The summed E-state index contributed by atoms with van der Waals surface area (Å²) < 4.78 is 0. The smallest absolute Gasteiger partial charge is 0.0624 e. The number of rotatable bonds is 0. The zero-order valence-corrected chi connectivity index (χ0v) is 6.75. The Labute approximate surface area is 66.8 Å². The maximum atomic E-state index is 9.33. The lowest BCUT2D eigenvalue weighted by Crippen LogP contribution is -2.13. The van der Waals surface area contributed by atoms with E-state index in [0.717, 1.165) is 25.1 Å². The highest BCUT2D eigenvalue weighted by Crippen LogP contribution is 2.31. The van der Waals surface area contributed by atoms with Gasteiger partial charge in [0.2, 0.25) is 0 Å². The molecule has 1 aliphatic heterocycles.